The van der Waals surface area contributed by atoms with E-state index in [1.165, 1.54) is 25.1 Å². The summed E-state index contributed by atoms with van der Waals surface area (Å²) >= 11 is 0. The van der Waals surface area contributed by atoms with Gasteiger partial charge >= 0.3 is 0 Å². The van der Waals surface area contributed by atoms with E-state index in [0.29, 0.717) is 0 Å². The normalized spacial score (nSPS) is 16.8. The molecular weight excluding hydrogens is 342 g/mol. The van der Waals surface area contributed by atoms with Crippen molar-refractivity contribution in [1.82, 2.24) is 4.72 Å². The molecule has 0 saturated heterocycles. The van der Waals surface area contributed by atoms with Crippen LogP contribution in [0.1, 0.15) is 31.2 Å². The molecule has 1 aliphatic rings. The third-order valence-electron chi connectivity index (χ3n) is 4.27. The highest BCUT2D eigenvalue weighted by Crippen LogP contribution is 2.29. The van der Waals surface area contributed by atoms with Crippen molar-refractivity contribution in [3.8, 4) is 0 Å². The number of nitro benzene ring substituents is 1. The second kappa shape index (κ2) is 8.05. The van der Waals surface area contributed by atoms with Crippen LogP contribution in [-0.2, 0) is 10.0 Å². The first-order valence-corrected chi connectivity index (χ1v) is 8.81. The van der Waals surface area contributed by atoms with E-state index in [0.717, 1.165) is 25.7 Å². The van der Waals surface area contributed by atoms with Gasteiger partial charge in [-0.05, 0) is 31.7 Å². The van der Waals surface area contributed by atoms with Crippen molar-refractivity contribution in [3.63, 3.8) is 0 Å². The summed E-state index contributed by atoms with van der Waals surface area (Å²) in [5, 5.41) is 11.0. The Morgan fingerprint density at radius 1 is 1.39 bits per heavy atom. The van der Waals surface area contributed by atoms with Crippen LogP contribution in [0.15, 0.2) is 23.1 Å². The zero-order valence-corrected chi connectivity index (χ0v) is 14.5. The Hall–Kier alpha value is -1.22. The van der Waals surface area contributed by atoms with E-state index in [-0.39, 0.29) is 47.1 Å². The van der Waals surface area contributed by atoms with E-state index >= 15 is 0 Å². The fraction of sp³-hybridized carbons (Fsp3) is 0.571. The Morgan fingerprint density at radius 2 is 2.00 bits per heavy atom. The van der Waals surface area contributed by atoms with Gasteiger partial charge in [0.15, 0.2) is 0 Å². The summed E-state index contributed by atoms with van der Waals surface area (Å²) in [7, 11) is -3.83. The number of halogens is 1. The van der Waals surface area contributed by atoms with Crippen LogP contribution >= 0.6 is 12.4 Å². The van der Waals surface area contributed by atoms with Gasteiger partial charge in [0, 0.05) is 24.2 Å². The lowest BCUT2D eigenvalue weighted by atomic mass is 9.99. The Balaban J connectivity index is 0.00000264. The summed E-state index contributed by atoms with van der Waals surface area (Å²) in [6.07, 6.45) is 4.08. The molecular formula is C14H22ClN3O4S. The molecule has 130 valence electrons. The molecule has 1 fully saturated rings. The van der Waals surface area contributed by atoms with E-state index in [1.54, 1.807) is 0 Å². The SMILES string of the molecule is Cc1c([N+](=O)[O-])cccc1S(=O)(=O)NC(CN)C1CCCC1.Cl. The van der Waals surface area contributed by atoms with Crippen LogP contribution in [0.4, 0.5) is 5.69 Å². The number of hydrogen-bond acceptors (Lipinski definition) is 5. The summed E-state index contributed by atoms with van der Waals surface area (Å²) in [4.78, 5) is 10.3. The number of sulfonamides is 1. The Bertz CT molecular complexity index is 660. The molecule has 0 aliphatic heterocycles. The van der Waals surface area contributed by atoms with Gasteiger partial charge < -0.3 is 5.73 Å². The predicted molar refractivity (Wildman–Crippen MR) is 90.2 cm³/mol. The van der Waals surface area contributed by atoms with Gasteiger partial charge in [0.05, 0.1) is 9.82 Å². The van der Waals surface area contributed by atoms with Gasteiger partial charge in [-0.2, -0.15) is 0 Å². The molecule has 1 unspecified atom stereocenters. The van der Waals surface area contributed by atoms with Crippen molar-refractivity contribution < 1.29 is 13.3 Å². The van der Waals surface area contributed by atoms with Crippen molar-refractivity contribution in [2.75, 3.05) is 6.54 Å². The van der Waals surface area contributed by atoms with Gasteiger partial charge in [0.25, 0.3) is 5.69 Å². The fourth-order valence-corrected chi connectivity index (χ4v) is 4.63. The van der Waals surface area contributed by atoms with Gasteiger partial charge in [0.2, 0.25) is 10.0 Å². The van der Waals surface area contributed by atoms with Crippen molar-refractivity contribution in [1.29, 1.82) is 0 Å². The van der Waals surface area contributed by atoms with E-state index < -0.39 is 14.9 Å². The maximum Gasteiger partial charge on any atom is 0.273 e. The van der Waals surface area contributed by atoms with E-state index in [1.807, 2.05) is 0 Å². The molecule has 0 radical (unpaired) electrons. The number of nitro groups is 1. The van der Waals surface area contributed by atoms with Crippen LogP contribution in [-0.4, -0.2) is 25.9 Å². The Labute approximate surface area is 142 Å². The smallest absolute Gasteiger partial charge is 0.273 e. The van der Waals surface area contributed by atoms with Gasteiger partial charge in [-0.1, -0.05) is 18.9 Å². The monoisotopic (exact) mass is 363 g/mol. The topological polar surface area (TPSA) is 115 Å². The molecule has 0 spiro atoms. The van der Waals surface area contributed by atoms with Gasteiger partial charge in [-0.15, -0.1) is 12.4 Å². The van der Waals surface area contributed by atoms with Crippen LogP contribution in [0.25, 0.3) is 0 Å². The molecule has 1 saturated carbocycles. The third-order valence-corrected chi connectivity index (χ3v) is 5.91. The molecule has 2 rings (SSSR count). The summed E-state index contributed by atoms with van der Waals surface area (Å²) in [5.74, 6) is 0.235. The quantitative estimate of drug-likeness (QED) is 0.593. The minimum absolute atomic E-state index is 0. The van der Waals surface area contributed by atoms with E-state index in [2.05, 4.69) is 4.72 Å². The van der Waals surface area contributed by atoms with Gasteiger partial charge in [0.1, 0.15) is 0 Å². The number of benzene rings is 1. The molecule has 0 amide bonds. The van der Waals surface area contributed by atoms with Crippen molar-refractivity contribution in [2.24, 2.45) is 11.7 Å². The second-order valence-electron chi connectivity index (χ2n) is 5.67. The number of hydrogen-bond donors (Lipinski definition) is 2. The summed E-state index contributed by atoms with van der Waals surface area (Å²) in [5.41, 5.74) is 5.66. The van der Waals surface area contributed by atoms with E-state index in [4.69, 9.17) is 5.73 Å². The number of nitrogens with two attached hydrogens (primary N) is 1. The minimum atomic E-state index is -3.83. The molecule has 3 N–H and O–H groups in total. The highest BCUT2D eigenvalue weighted by Gasteiger charge is 2.30. The van der Waals surface area contributed by atoms with Crippen molar-refractivity contribution >= 4 is 28.1 Å². The average molecular weight is 364 g/mol. The highest BCUT2D eigenvalue weighted by molar-refractivity contribution is 7.89. The first-order chi connectivity index (χ1) is 10.4. The molecule has 0 heterocycles. The molecule has 1 aromatic carbocycles. The molecule has 7 nitrogen and oxygen atoms in total. The molecule has 0 aromatic heterocycles. The number of nitrogens with one attached hydrogen (secondary N) is 1. The third kappa shape index (κ3) is 4.41. The molecule has 1 atom stereocenters. The maximum absolute atomic E-state index is 12.6. The number of nitrogens with zero attached hydrogens (tertiary/aromatic N) is 1. The first kappa shape index (κ1) is 19.8. The summed E-state index contributed by atoms with van der Waals surface area (Å²) < 4.78 is 27.8. The molecule has 9 heteroatoms. The Morgan fingerprint density at radius 3 is 2.52 bits per heavy atom. The lowest BCUT2D eigenvalue weighted by Crippen LogP contribution is -2.44. The van der Waals surface area contributed by atoms with Crippen molar-refractivity contribution in [2.45, 2.75) is 43.5 Å². The largest absolute Gasteiger partial charge is 0.329 e. The average Bonchev–Trinajstić information content (AvgIpc) is 2.98. The van der Waals surface area contributed by atoms with Crippen LogP contribution in [0.5, 0.6) is 0 Å². The van der Waals surface area contributed by atoms with Crippen LogP contribution in [0.2, 0.25) is 0 Å². The summed E-state index contributed by atoms with van der Waals surface area (Å²) in [6, 6.07) is 3.73. The Kier molecular flexibility index (Phi) is 6.94. The molecule has 1 aliphatic carbocycles. The predicted octanol–water partition coefficient (Wildman–Crippen LogP) is 2.12. The van der Waals surface area contributed by atoms with Crippen LogP contribution in [0.3, 0.4) is 0 Å². The van der Waals surface area contributed by atoms with E-state index in [9.17, 15) is 18.5 Å². The molecule has 1 aromatic rings. The second-order valence-corrected chi connectivity index (χ2v) is 7.35. The van der Waals surface area contributed by atoms with Crippen LogP contribution < -0.4 is 10.5 Å². The number of rotatable bonds is 6. The maximum atomic E-state index is 12.6. The van der Waals surface area contributed by atoms with Gasteiger partial charge in [-0.3, -0.25) is 10.1 Å². The van der Waals surface area contributed by atoms with Crippen molar-refractivity contribution in [3.05, 3.63) is 33.9 Å². The zero-order chi connectivity index (χ0) is 16.3. The molecule has 0 bridgehead atoms. The lowest BCUT2D eigenvalue weighted by Gasteiger charge is -2.23. The fourth-order valence-electron chi connectivity index (χ4n) is 3.05. The standard InChI is InChI=1S/C14H21N3O4S.ClH/c1-10-13(17(18)19)7-4-8-14(10)22(20,21)16-12(9-15)11-5-2-3-6-11;/h4,7-8,11-12,16H,2-3,5-6,9,15H2,1H3;1H. The minimum Gasteiger partial charge on any atom is -0.329 e. The highest BCUT2D eigenvalue weighted by atomic mass is 35.5. The molecule has 23 heavy (non-hydrogen) atoms. The van der Waals surface area contributed by atoms with Gasteiger partial charge in [-0.25, -0.2) is 13.1 Å². The lowest BCUT2D eigenvalue weighted by molar-refractivity contribution is -0.385. The summed E-state index contributed by atoms with van der Waals surface area (Å²) in [6.45, 7) is 1.66. The zero-order valence-electron chi connectivity index (χ0n) is 12.9. The van der Waals surface area contributed by atoms with Crippen LogP contribution in [0, 0.1) is 23.0 Å². The first-order valence-electron chi connectivity index (χ1n) is 7.33.